The lowest BCUT2D eigenvalue weighted by Crippen LogP contribution is -2.52. The van der Waals surface area contributed by atoms with Crippen molar-refractivity contribution < 1.29 is 9.47 Å². The number of hydrogen-bond donors (Lipinski definition) is 1. The van der Waals surface area contributed by atoms with E-state index in [2.05, 4.69) is 26.2 Å². The highest BCUT2D eigenvalue weighted by Crippen LogP contribution is 2.25. The molecule has 0 bridgehead atoms. The summed E-state index contributed by atoms with van der Waals surface area (Å²) in [6, 6.07) is 11.2. The van der Waals surface area contributed by atoms with Crippen molar-refractivity contribution in [2.45, 2.75) is 25.9 Å². The summed E-state index contributed by atoms with van der Waals surface area (Å²) in [5, 5.41) is 3.47. The van der Waals surface area contributed by atoms with Crippen molar-refractivity contribution in [1.82, 2.24) is 19.7 Å². The van der Waals surface area contributed by atoms with Gasteiger partial charge in [0.1, 0.15) is 11.5 Å². The van der Waals surface area contributed by atoms with Crippen LogP contribution >= 0.6 is 24.0 Å². The van der Waals surface area contributed by atoms with Gasteiger partial charge in [-0.1, -0.05) is 6.07 Å². The molecular formula is C24H36IN5O3. The van der Waals surface area contributed by atoms with Gasteiger partial charge in [0, 0.05) is 70.7 Å². The standard InChI is InChI=1S/C24H35N5O3.HI/c1-25-24(26-11-5-7-13-28-12-6-4-8-23(28)30)29-16-14-27(15-17-29)19-20-18-21(31-2)9-10-22(20)32-3;/h4,6,8-10,12,18H,5,7,11,13-17,19H2,1-3H3,(H,25,26);1H. The number of aryl methyl sites for hydroxylation is 1. The molecule has 1 saturated heterocycles. The average molecular weight is 569 g/mol. The molecule has 1 aliphatic rings. The Morgan fingerprint density at radius 2 is 1.85 bits per heavy atom. The Kier molecular flexibility index (Phi) is 11.5. The highest BCUT2D eigenvalue weighted by molar-refractivity contribution is 14.0. The maximum Gasteiger partial charge on any atom is 0.250 e. The molecule has 2 aromatic rings. The van der Waals surface area contributed by atoms with Crippen LogP contribution in [0.5, 0.6) is 11.5 Å². The van der Waals surface area contributed by atoms with E-state index in [1.807, 2.05) is 31.4 Å². The molecule has 0 radical (unpaired) electrons. The van der Waals surface area contributed by atoms with Gasteiger partial charge >= 0.3 is 0 Å². The van der Waals surface area contributed by atoms with Gasteiger partial charge in [-0.2, -0.15) is 0 Å². The minimum atomic E-state index is 0. The van der Waals surface area contributed by atoms with Gasteiger partial charge in [-0.15, -0.1) is 24.0 Å². The molecule has 0 saturated carbocycles. The fraction of sp³-hybridized carbons (Fsp3) is 0.500. The number of unbranched alkanes of at least 4 members (excludes halogenated alkanes) is 1. The van der Waals surface area contributed by atoms with E-state index < -0.39 is 0 Å². The van der Waals surface area contributed by atoms with Crippen molar-refractivity contribution in [3.63, 3.8) is 0 Å². The zero-order valence-corrected chi connectivity index (χ0v) is 22.2. The monoisotopic (exact) mass is 569 g/mol. The lowest BCUT2D eigenvalue weighted by Gasteiger charge is -2.36. The number of pyridine rings is 1. The number of benzene rings is 1. The summed E-state index contributed by atoms with van der Waals surface area (Å²) >= 11 is 0. The van der Waals surface area contributed by atoms with E-state index in [4.69, 9.17) is 9.47 Å². The fourth-order valence-electron chi connectivity index (χ4n) is 3.95. The molecule has 0 spiro atoms. The second-order valence-electron chi connectivity index (χ2n) is 7.85. The van der Waals surface area contributed by atoms with Crippen molar-refractivity contribution >= 4 is 29.9 Å². The molecule has 1 fully saturated rings. The maximum absolute atomic E-state index is 11.8. The molecule has 0 atom stereocenters. The highest BCUT2D eigenvalue weighted by atomic mass is 127. The second-order valence-corrected chi connectivity index (χ2v) is 7.85. The van der Waals surface area contributed by atoms with Crippen molar-refractivity contribution in [2.75, 3.05) is 54.0 Å². The highest BCUT2D eigenvalue weighted by Gasteiger charge is 2.20. The number of aliphatic imine (C=N–C) groups is 1. The predicted octanol–water partition coefficient (Wildman–Crippen LogP) is 2.66. The number of piperazine rings is 1. The third-order valence-corrected chi connectivity index (χ3v) is 5.77. The van der Waals surface area contributed by atoms with Gasteiger partial charge in [-0.25, -0.2) is 0 Å². The summed E-state index contributed by atoms with van der Waals surface area (Å²) in [5.41, 5.74) is 1.20. The molecular weight excluding hydrogens is 533 g/mol. The molecule has 1 aromatic carbocycles. The van der Waals surface area contributed by atoms with Crippen LogP contribution < -0.4 is 20.3 Å². The topological polar surface area (TPSA) is 71.3 Å². The summed E-state index contributed by atoms with van der Waals surface area (Å²) in [4.78, 5) is 21.0. The number of rotatable bonds is 9. The average Bonchev–Trinajstić information content (AvgIpc) is 2.83. The molecule has 182 valence electrons. The number of guanidine groups is 1. The Balaban J connectivity index is 0.00000385. The van der Waals surface area contributed by atoms with Gasteiger partial charge in [0.05, 0.1) is 14.2 Å². The van der Waals surface area contributed by atoms with Gasteiger partial charge in [-0.05, 0) is 37.1 Å². The number of hydrogen-bond acceptors (Lipinski definition) is 5. The molecule has 3 rings (SSSR count). The Hall–Kier alpha value is -2.27. The van der Waals surface area contributed by atoms with Crippen LogP contribution in [0, 0.1) is 0 Å². The van der Waals surface area contributed by atoms with Crippen LogP contribution in [0.4, 0.5) is 0 Å². The number of halogens is 1. The van der Waals surface area contributed by atoms with E-state index in [0.717, 1.165) is 81.7 Å². The van der Waals surface area contributed by atoms with Gasteiger partial charge in [-0.3, -0.25) is 14.7 Å². The molecule has 9 heteroatoms. The zero-order chi connectivity index (χ0) is 22.8. The van der Waals surface area contributed by atoms with E-state index in [-0.39, 0.29) is 29.5 Å². The van der Waals surface area contributed by atoms with Crippen LogP contribution in [0.15, 0.2) is 52.4 Å². The van der Waals surface area contributed by atoms with Gasteiger partial charge in [0.15, 0.2) is 5.96 Å². The first kappa shape index (κ1) is 27.0. The van der Waals surface area contributed by atoms with Crippen LogP contribution in [0.25, 0.3) is 0 Å². The first-order valence-electron chi connectivity index (χ1n) is 11.2. The molecule has 0 aliphatic carbocycles. The fourth-order valence-corrected chi connectivity index (χ4v) is 3.95. The largest absolute Gasteiger partial charge is 0.497 e. The van der Waals surface area contributed by atoms with Crippen molar-refractivity contribution in [2.24, 2.45) is 4.99 Å². The van der Waals surface area contributed by atoms with Crippen LogP contribution in [-0.2, 0) is 13.1 Å². The summed E-state index contributed by atoms with van der Waals surface area (Å²) in [7, 11) is 5.22. The Morgan fingerprint density at radius 1 is 1.06 bits per heavy atom. The number of ether oxygens (including phenoxy) is 2. The lowest BCUT2D eigenvalue weighted by atomic mass is 10.1. The minimum absolute atomic E-state index is 0. The zero-order valence-electron chi connectivity index (χ0n) is 19.8. The third kappa shape index (κ3) is 7.92. The summed E-state index contributed by atoms with van der Waals surface area (Å²) < 4.78 is 12.6. The molecule has 0 amide bonds. The van der Waals surface area contributed by atoms with Crippen molar-refractivity contribution in [3.05, 3.63) is 58.5 Å². The molecule has 33 heavy (non-hydrogen) atoms. The van der Waals surface area contributed by atoms with E-state index in [1.165, 1.54) is 0 Å². The van der Waals surface area contributed by atoms with Crippen LogP contribution in [0.3, 0.4) is 0 Å². The van der Waals surface area contributed by atoms with E-state index >= 15 is 0 Å². The summed E-state index contributed by atoms with van der Waals surface area (Å²) in [6.07, 6.45) is 3.77. The van der Waals surface area contributed by atoms with Gasteiger partial charge in [0.25, 0.3) is 0 Å². The third-order valence-electron chi connectivity index (χ3n) is 5.77. The van der Waals surface area contributed by atoms with Crippen molar-refractivity contribution in [1.29, 1.82) is 0 Å². The second kappa shape index (κ2) is 14.1. The number of aromatic nitrogens is 1. The normalized spacial score (nSPS) is 14.5. The minimum Gasteiger partial charge on any atom is -0.497 e. The maximum atomic E-state index is 11.8. The first-order chi connectivity index (χ1) is 15.6. The van der Waals surface area contributed by atoms with Crippen LogP contribution in [0.2, 0.25) is 0 Å². The van der Waals surface area contributed by atoms with Gasteiger partial charge < -0.3 is 24.3 Å². The van der Waals surface area contributed by atoms with E-state index in [9.17, 15) is 4.79 Å². The number of nitrogens with zero attached hydrogens (tertiary/aromatic N) is 4. The first-order valence-corrected chi connectivity index (χ1v) is 11.2. The number of nitrogens with one attached hydrogen (secondary N) is 1. The molecule has 0 unspecified atom stereocenters. The molecule has 1 aromatic heterocycles. The molecule has 1 N–H and O–H groups in total. The van der Waals surface area contributed by atoms with Crippen LogP contribution in [0.1, 0.15) is 18.4 Å². The summed E-state index contributed by atoms with van der Waals surface area (Å²) in [5.74, 6) is 2.69. The van der Waals surface area contributed by atoms with Crippen molar-refractivity contribution in [3.8, 4) is 11.5 Å². The quantitative estimate of drug-likeness (QED) is 0.217. The molecule has 1 aliphatic heterocycles. The predicted molar refractivity (Wildman–Crippen MR) is 143 cm³/mol. The summed E-state index contributed by atoms with van der Waals surface area (Å²) in [6.45, 7) is 6.17. The smallest absolute Gasteiger partial charge is 0.250 e. The van der Waals surface area contributed by atoms with Crippen LogP contribution in [-0.4, -0.2) is 74.3 Å². The van der Waals surface area contributed by atoms with E-state index in [1.54, 1.807) is 30.9 Å². The van der Waals surface area contributed by atoms with Gasteiger partial charge in [0.2, 0.25) is 5.56 Å². The van der Waals surface area contributed by atoms with E-state index in [0.29, 0.717) is 0 Å². The molecule has 8 nitrogen and oxygen atoms in total. The SMILES string of the molecule is CN=C(NCCCCn1ccccc1=O)N1CCN(Cc2cc(OC)ccc2OC)CC1.I. The number of methoxy groups -OCH3 is 2. The Morgan fingerprint density at radius 3 is 2.52 bits per heavy atom. The Labute approximate surface area is 213 Å². The molecule has 2 heterocycles. The lowest BCUT2D eigenvalue weighted by molar-refractivity contribution is 0.171. The Bertz CT molecular complexity index is 942.